The summed E-state index contributed by atoms with van der Waals surface area (Å²) >= 11 is 9.58. The van der Waals surface area contributed by atoms with Crippen molar-refractivity contribution in [3.63, 3.8) is 0 Å². The molecule has 1 aliphatic carbocycles. The van der Waals surface area contributed by atoms with Gasteiger partial charge in [-0.05, 0) is 59.0 Å². The number of benzene rings is 1. The Kier molecular flexibility index (Phi) is 5.31. The molecule has 0 radical (unpaired) electrons. The summed E-state index contributed by atoms with van der Waals surface area (Å²) in [4.78, 5) is 12.9. The van der Waals surface area contributed by atoms with Crippen LogP contribution in [0.15, 0.2) is 47.3 Å². The molecule has 2 aliphatic rings. The third kappa shape index (κ3) is 3.49. The Balaban J connectivity index is 1.23. The summed E-state index contributed by atoms with van der Waals surface area (Å²) in [6.07, 6.45) is 3.31. The van der Waals surface area contributed by atoms with Crippen molar-refractivity contribution in [1.82, 2.24) is 19.5 Å². The number of nitrogen functional groups attached to an aromatic ring is 1. The van der Waals surface area contributed by atoms with E-state index < -0.39 is 17.6 Å². The lowest BCUT2D eigenvalue weighted by Crippen LogP contribution is -2.37. The van der Waals surface area contributed by atoms with Crippen LogP contribution in [0.1, 0.15) is 24.4 Å². The predicted molar refractivity (Wildman–Crippen MR) is 133 cm³/mol. The van der Waals surface area contributed by atoms with Gasteiger partial charge in [0.2, 0.25) is 0 Å². The van der Waals surface area contributed by atoms with E-state index in [9.17, 15) is 10.2 Å². The maximum Gasteiger partial charge on any atom is 0.145 e. The molecule has 4 heterocycles. The van der Waals surface area contributed by atoms with Crippen molar-refractivity contribution >= 4 is 55.3 Å². The van der Waals surface area contributed by atoms with Crippen LogP contribution >= 0.6 is 27.5 Å². The fraction of sp³-hybridized carbons (Fsp3) is 0.375. The normalized spacial score (nSPS) is 29.1. The smallest absolute Gasteiger partial charge is 0.145 e. The molecule has 1 aromatic carbocycles. The lowest BCUT2D eigenvalue weighted by atomic mass is 9.80. The molecule has 1 saturated heterocycles. The molecule has 10 heteroatoms. The molecule has 5 unspecified atom stereocenters. The molecule has 1 aliphatic heterocycles. The zero-order chi connectivity index (χ0) is 23.6. The lowest BCUT2D eigenvalue weighted by Gasteiger charge is -2.26. The molecule has 1 saturated carbocycles. The summed E-state index contributed by atoms with van der Waals surface area (Å²) in [6.45, 7) is 0.396. The van der Waals surface area contributed by atoms with Crippen LogP contribution in [0, 0.1) is 5.41 Å². The number of nitrogens with two attached hydrogens (primary N) is 1. The van der Waals surface area contributed by atoms with Gasteiger partial charge in [0.25, 0.3) is 0 Å². The minimum Gasteiger partial charge on any atom is -0.390 e. The number of nitrogens with zero attached hydrogens (tertiary/aromatic N) is 4. The van der Waals surface area contributed by atoms with Crippen LogP contribution in [0.2, 0.25) is 5.15 Å². The highest BCUT2D eigenvalue weighted by molar-refractivity contribution is 9.10. The van der Waals surface area contributed by atoms with Gasteiger partial charge in [-0.2, -0.15) is 0 Å². The largest absolute Gasteiger partial charge is 0.390 e. The zero-order valence-electron chi connectivity index (χ0n) is 18.1. The molecule has 4 aromatic rings. The van der Waals surface area contributed by atoms with Gasteiger partial charge in [-0.15, -0.1) is 0 Å². The quantitative estimate of drug-likeness (QED) is 0.337. The van der Waals surface area contributed by atoms with Crippen LogP contribution < -0.4 is 5.73 Å². The molecule has 8 nitrogen and oxygen atoms in total. The first-order valence-electron chi connectivity index (χ1n) is 11.1. The average molecular weight is 545 g/mol. The van der Waals surface area contributed by atoms with Gasteiger partial charge in [-0.1, -0.05) is 23.7 Å². The number of hydrogen-bond donors (Lipinski definition) is 3. The van der Waals surface area contributed by atoms with E-state index >= 15 is 0 Å². The lowest BCUT2D eigenvalue weighted by molar-refractivity contribution is -0.0308. The molecule has 3 aromatic heterocycles. The monoisotopic (exact) mass is 543 g/mol. The van der Waals surface area contributed by atoms with Crippen molar-refractivity contribution in [2.75, 3.05) is 12.3 Å². The third-order valence-corrected chi connectivity index (χ3v) is 8.48. The van der Waals surface area contributed by atoms with E-state index in [2.05, 4.69) is 36.9 Å². The molecule has 2 fully saturated rings. The number of halogens is 2. The molecule has 4 N–H and O–H groups in total. The highest BCUT2D eigenvalue weighted by Crippen LogP contribution is 2.52. The van der Waals surface area contributed by atoms with Gasteiger partial charge < -0.3 is 25.3 Å². The number of fused-ring (bicyclic) bond motifs is 2. The minimum absolute atomic E-state index is 0.0663. The molecular formula is C24H23BrClN5O3. The number of hydrogen-bond acceptors (Lipinski definition) is 7. The second kappa shape index (κ2) is 8.13. The Morgan fingerprint density at radius 1 is 1.21 bits per heavy atom. The molecule has 176 valence electrons. The summed E-state index contributed by atoms with van der Waals surface area (Å²) in [5.41, 5.74) is 8.03. The number of anilines is 1. The number of aromatic nitrogens is 4. The molecule has 5 atom stereocenters. The summed E-state index contributed by atoms with van der Waals surface area (Å²) < 4.78 is 8.83. The Morgan fingerprint density at radius 2 is 2.06 bits per heavy atom. The van der Waals surface area contributed by atoms with Crippen LogP contribution in [-0.2, 0) is 11.2 Å². The average Bonchev–Trinajstić information content (AvgIpc) is 3.49. The van der Waals surface area contributed by atoms with E-state index in [4.69, 9.17) is 22.1 Å². The van der Waals surface area contributed by atoms with Crippen LogP contribution in [0.3, 0.4) is 0 Å². The number of rotatable bonds is 3. The van der Waals surface area contributed by atoms with Crippen LogP contribution in [0.5, 0.6) is 0 Å². The first-order chi connectivity index (χ1) is 16.3. The first kappa shape index (κ1) is 22.2. The van der Waals surface area contributed by atoms with Gasteiger partial charge >= 0.3 is 0 Å². The van der Waals surface area contributed by atoms with E-state index in [-0.39, 0.29) is 12.1 Å². The van der Waals surface area contributed by atoms with Crippen molar-refractivity contribution in [2.24, 2.45) is 5.41 Å². The first-order valence-corrected chi connectivity index (χ1v) is 12.3. The summed E-state index contributed by atoms with van der Waals surface area (Å²) in [7, 11) is 0. The van der Waals surface area contributed by atoms with Gasteiger partial charge in [-0.25, -0.2) is 15.0 Å². The minimum atomic E-state index is -0.931. The van der Waals surface area contributed by atoms with Crippen LogP contribution in [0.4, 0.5) is 5.82 Å². The molecule has 6 rings (SSSR count). The summed E-state index contributed by atoms with van der Waals surface area (Å²) in [5.74, 6) is 0.397. The molecular weight excluding hydrogens is 522 g/mol. The molecule has 0 amide bonds. The fourth-order valence-electron chi connectivity index (χ4n) is 5.64. The second-order valence-electron chi connectivity index (χ2n) is 9.42. The van der Waals surface area contributed by atoms with Crippen molar-refractivity contribution in [1.29, 1.82) is 0 Å². The number of aliphatic hydroxyl groups excluding tert-OH is 2. The molecule has 1 spiro atoms. The number of ether oxygens (including phenoxy) is 1. The van der Waals surface area contributed by atoms with E-state index in [0.717, 1.165) is 26.3 Å². The van der Waals surface area contributed by atoms with Crippen LogP contribution in [-0.4, -0.2) is 54.7 Å². The molecule has 34 heavy (non-hydrogen) atoms. The highest BCUT2D eigenvalue weighted by atomic mass is 79.9. The van der Waals surface area contributed by atoms with Gasteiger partial charge in [0.1, 0.15) is 29.0 Å². The predicted octanol–water partition coefficient (Wildman–Crippen LogP) is 3.66. The van der Waals surface area contributed by atoms with Crippen molar-refractivity contribution in [2.45, 2.75) is 43.6 Å². The Bertz CT molecular complexity index is 1410. The third-order valence-electron chi connectivity index (χ3n) is 7.35. The Morgan fingerprint density at radius 3 is 2.91 bits per heavy atom. The summed E-state index contributed by atoms with van der Waals surface area (Å²) in [5, 5.41) is 24.3. The van der Waals surface area contributed by atoms with Crippen molar-refractivity contribution < 1.29 is 14.9 Å². The SMILES string of the molecule is Nc1ncnc2c1ccn2C1CC2(COC(Cc3ccc4cc(Br)c(Cl)nc4c3)C2)C(O)C1O. The topological polar surface area (TPSA) is 119 Å². The van der Waals surface area contributed by atoms with Gasteiger partial charge in [0, 0.05) is 17.0 Å². The second-order valence-corrected chi connectivity index (χ2v) is 10.6. The van der Waals surface area contributed by atoms with E-state index in [0.29, 0.717) is 42.5 Å². The van der Waals surface area contributed by atoms with Crippen molar-refractivity contribution in [3.05, 3.63) is 58.0 Å². The van der Waals surface area contributed by atoms with Crippen LogP contribution in [0.25, 0.3) is 21.9 Å². The fourth-order valence-corrected chi connectivity index (χ4v) is 6.12. The highest BCUT2D eigenvalue weighted by Gasteiger charge is 2.57. The van der Waals surface area contributed by atoms with Gasteiger partial charge in [0.05, 0.1) is 40.2 Å². The maximum atomic E-state index is 11.1. The number of pyridine rings is 1. The molecule has 0 bridgehead atoms. The summed E-state index contributed by atoms with van der Waals surface area (Å²) in [6, 6.07) is 9.60. The Labute approximate surface area is 208 Å². The van der Waals surface area contributed by atoms with Gasteiger partial charge in [-0.3, -0.25) is 0 Å². The van der Waals surface area contributed by atoms with E-state index in [1.54, 1.807) is 0 Å². The van der Waals surface area contributed by atoms with E-state index in [1.807, 2.05) is 35.0 Å². The van der Waals surface area contributed by atoms with E-state index in [1.165, 1.54) is 6.33 Å². The maximum absolute atomic E-state index is 11.1. The van der Waals surface area contributed by atoms with Gasteiger partial charge in [0.15, 0.2) is 0 Å². The van der Waals surface area contributed by atoms with Crippen molar-refractivity contribution in [3.8, 4) is 0 Å². The zero-order valence-corrected chi connectivity index (χ0v) is 20.4. The standard InChI is InChI=1S/C24H23BrClN5O3/c25-16-7-13-2-1-12(6-17(13)30-21(16)26)5-14-8-24(10-34-14)9-18(19(32)20(24)33)31-4-3-15-22(27)28-11-29-23(15)31/h1-4,6-7,11,14,18-20,32-33H,5,8-10H2,(H2,27,28,29). The number of aliphatic hydroxyl groups is 2. The Hall–Kier alpha value is -2.30.